The SMILES string of the molecule is COc1cc(CN2CCN(C3CC4(CCNCC4)C3)[C@H](c3ccccc3C(C)C)C2)ccc1C(C)C. The third-order valence-corrected chi connectivity index (χ3v) is 9.28. The van der Waals surface area contributed by atoms with Gasteiger partial charge in [-0.3, -0.25) is 9.80 Å². The minimum absolute atomic E-state index is 0.471. The van der Waals surface area contributed by atoms with Gasteiger partial charge in [0.2, 0.25) is 0 Å². The fourth-order valence-electron chi connectivity index (χ4n) is 7.18. The molecule has 3 fully saturated rings. The van der Waals surface area contributed by atoms with E-state index in [2.05, 4.69) is 85.3 Å². The molecule has 1 aliphatic carbocycles. The first-order valence-corrected chi connectivity index (χ1v) is 14.3. The lowest BCUT2D eigenvalue weighted by Crippen LogP contribution is -2.59. The van der Waals surface area contributed by atoms with E-state index in [4.69, 9.17) is 4.74 Å². The maximum atomic E-state index is 5.76. The number of nitrogens with zero attached hydrogens (tertiary/aromatic N) is 2. The van der Waals surface area contributed by atoms with Crippen LogP contribution in [0.1, 0.15) is 93.5 Å². The lowest BCUT2D eigenvalue weighted by Gasteiger charge is -2.57. The quantitative estimate of drug-likeness (QED) is 0.492. The summed E-state index contributed by atoms with van der Waals surface area (Å²) >= 11 is 0. The summed E-state index contributed by atoms with van der Waals surface area (Å²) in [4.78, 5) is 5.58. The number of methoxy groups -OCH3 is 1. The van der Waals surface area contributed by atoms with Crippen LogP contribution >= 0.6 is 0 Å². The second-order valence-corrected chi connectivity index (χ2v) is 12.3. The zero-order valence-corrected chi connectivity index (χ0v) is 23.2. The molecule has 0 unspecified atom stereocenters. The Bertz CT molecular complexity index is 1020. The highest BCUT2D eigenvalue weighted by molar-refractivity contribution is 5.39. The van der Waals surface area contributed by atoms with Gasteiger partial charge >= 0.3 is 0 Å². The summed E-state index contributed by atoms with van der Waals surface area (Å²) in [6.07, 6.45) is 5.52. The van der Waals surface area contributed by atoms with Gasteiger partial charge in [0.1, 0.15) is 5.75 Å². The Morgan fingerprint density at radius 1 is 0.944 bits per heavy atom. The van der Waals surface area contributed by atoms with Gasteiger partial charge in [0.05, 0.1) is 7.11 Å². The van der Waals surface area contributed by atoms with E-state index in [9.17, 15) is 0 Å². The Hall–Kier alpha value is -1.88. The highest BCUT2D eigenvalue weighted by Gasteiger charge is 2.49. The molecule has 1 atom stereocenters. The normalized spacial score (nSPS) is 23.4. The highest BCUT2D eigenvalue weighted by atomic mass is 16.5. The summed E-state index contributed by atoms with van der Waals surface area (Å²) in [5.41, 5.74) is 6.35. The van der Waals surface area contributed by atoms with Crippen LogP contribution in [0.3, 0.4) is 0 Å². The molecule has 2 aliphatic heterocycles. The zero-order chi connectivity index (χ0) is 25.3. The average Bonchev–Trinajstić information content (AvgIpc) is 2.87. The monoisotopic (exact) mass is 489 g/mol. The largest absolute Gasteiger partial charge is 0.496 e. The number of benzene rings is 2. The first-order chi connectivity index (χ1) is 17.4. The standard InChI is InChI=1S/C32H47N3O/c1-23(2)27-8-6-7-9-29(27)30-22-34(21-25-10-11-28(24(3)4)31(18-25)36-5)16-17-35(30)26-19-32(20-26)12-14-33-15-13-32/h6-11,18,23-24,26,30,33H,12-17,19-22H2,1-5H3/t30-/m0/s1. The Kier molecular flexibility index (Phi) is 7.76. The van der Waals surface area contributed by atoms with Crippen LogP contribution in [-0.2, 0) is 6.54 Å². The molecule has 3 aliphatic rings. The molecule has 0 radical (unpaired) electrons. The van der Waals surface area contributed by atoms with Gasteiger partial charge in [0.25, 0.3) is 0 Å². The molecule has 4 nitrogen and oxygen atoms in total. The molecular formula is C32H47N3O. The molecule has 2 aromatic rings. The zero-order valence-electron chi connectivity index (χ0n) is 23.2. The minimum Gasteiger partial charge on any atom is -0.496 e. The molecule has 1 N–H and O–H groups in total. The summed E-state index contributed by atoms with van der Waals surface area (Å²) < 4.78 is 5.76. The predicted octanol–water partition coefficient (Wildman–Crippen LogP) is 6.33. The Morgan fingerprint density at radius 3 is 2.36 bits per heavy atom. The molecule has 4 heteroatoms. The van der Waals surface area contributed by atoms with Crippen molar-refractivity contribution in [1.82, 2.24) is 15.1 Å². The van der Waals surface area contributed by atoms with E-state index in [1.54, 1.807) is 12.7 Å². The molecule has 0 amide bonds. The van der Waals surface area contributed by atoms with Crippen LogP contribution < -0.4 is 10.1 Å². The summed E-state index contributed by atoms with van der Waals surface area (Å²) in [6.45, 7) is 16.0. The van der Waals surface area contributed by atoms with Gasteiger partial charge in [-0.05, 0) is 84.3 Å². The molecule has 2 heterocycles. The van der Waals surface area contributed by atoms with Crippen molar-refractivity contribution in [2.45, 2.75) is 83.8 Å². The van der Waals surface area contributed by atoms with Gasteiger partial charge in [-0.25, -0.2) is 0 Å². The number of hydrogen-bond acceptors (Lipinski definition) is 4. The van der Waals surface area contributed by atoms with E-state index in [0.29, 0.717) is 23.3 Å². The second kappa shape index (κ2) is 10.8. The summed E-state index contributed by atoms with van der Waals surface area (Å²) in [5, 5.41) is 3.57. The second-order valence-electron chi connectivity index (χ2n) is 12.3. The molecule has 2 aromatic carbocycles. The van der Waals surface area contributed by atoms with E-state index in [-0.39, 0.29) is 0 Å². The number of piperidine rings is 1. The van der Waals surface area contributed by atoms with Crippen LogP contribution in [0.4, 0.5) is 0 Å². The van der Waals surface area contributed by atoms with Crippen LogP contribution in [-0.4, -0.2) is 55.7 Å². The van der Waals surface area contributed by atoms with E-state index >= 15 is 0 Å². The fourth-order valence-corrected chi connectivity index (χ4v) is 7.18. The van der Waals surface area contributed by atoms with Gasteiger partial charge in [0.15, 0.2) is 0 Å². The van der Waals surface area contributed by atoms with E-state index < -0.39 is 0 Å². The van der Waals surface area contributed by atoms with Crippen LogP contribution in [0.15, 0.2) is 42.5 Å². The van der Waals surface area contributed by atoms with Crippen molar-refractivity contribution in [3.05, 3.63) is 64.7 Å². The first kappa shape index (κ1) is 25.8. The minimum atomic E-state index is 0.471. The van der Waals surface area contributed by atoms with Gasteiger partial charge < -0.3 is 10.1 Å². The molecule has 0 bridgehead atoms. The van der Waals surface area contributed by atoms with Crippen molar-refractivity contribution in [3.63, 3.8) is 0 Å². The van der Waals surface area contributed by atoms with Gasteiger partial charge in [-0.15, -0.1) is 0 Å². The number of nitrogens with one attached hydrogen (secondary N) is 1. The van der Waals surface area contributed by atoms with Crippen LogP contribution in [0.25, 0.3) is 0 Å². The molecule has 1 saturated carbocycles. The van der Waals surface area contributed by atoms with Crippen molar-refractivity contribution in [2.24, 2.45) is 5.41 Å². The summed E-state index contributed by atoms with van der Waals surface area (Å²) in [5.74, 6) is 2.05. The Labute approximate surface area is 219 Å². The van der Waals surface area contributed by atoms with Crippen molar-refractivity contribution in [2.75, 3.05) is 39.8 Å². The predicted molar refractivity (Wildman–Crippen MR) is 150 cm³/mol. The Morgan fingerprint density at radius 2 is 1.67 bits per heavy atom. The van der Waals surface area contributed by atoms with E-state index in [0.717, 1.165) is 38.0 Å². The fraction of sp³-hybridized carbons (Fsp3) is 0.625. The molecular weight excluding hydrogens is 442 g/mol. The van der Waals surface area contributed by atoms with Gasteiger partial charge in [-0.2, -0.15) is 0 Å². The Balaban J connectivity index is 1.36. The van der Waals surface area contributed by atoms with E-state index in [1.807, 2.05) is 0 Å². The maximum Gasteiger partial charge on any atom is 0.122 e. The maximum absolute atomic E-state index is 5.76. The molecule has 2 saturated heterocycles. The molecule has 5 rings (SSSR count). The number of piperazine rings is 1. The molecule has 0 aromatic heterocycles. The van der Waals surface area contributed by atoms with Crippen LogP contribution in [0.2, 0.25) is 0 Å². The number of ether oxygens (including phenoxy) is 1. The number of rotatable bonds is 7. The third kappa shape index (κ3) is 5.23. The molecule has 36 heavy (non-hydrogen) atoms. The summed E-state index contributed by atoms with van der Waals surface area (Å²) in [7, 11) is 1.80. The lowest BCUT2D eigenvalue weighted by atomic mass is 9.60. The van der Waals surface area contributed by atoms with Crippen molar-refractivity contribution < 1.29 is 4.74 Å². The van der Waals surface area contributed by atoms with Crippen LogP contribution in [0, 0.1) is 5.41 Å². The summed E-state index contributed by atoms with van der Waals surface area (Å²) in [6, 6.07) is 17.3. The lowest BCUT2D eigenvalue weighted by molar-refractivity contribution is -0.0650. The number of hydrogen-bond donors (Lipinski definition) is 1. The molecule has 1 spiro atoms. The van der Waals surface area contributed by atoms with Gasteiger partial charge in [0, 0.05) is 38.3 Å². The third-order valence-electron chi connectivity index (χ3n) is 9.28. The van der Waals surface area contributed by atoms with Crippen molar-refractivity contribution in [3.8, 4) is 5.75 Å². The average molecular weight is 490 g/mol. The first-order valence-electron chi connectivity index (χ1n) is 14.3. The van der Waals surface area contributed by atoms with Crippen LogP contribution in [0.5, 0.6) is 5.75 Å². The highest BCUT2D eigenvalue weighted by Crippen LogP contribution is 2.52. The van der Waals surface area contributed by atoms with Gasteiger partial charge in [-0.1, -0.05) is 64.1 Å². The molecule has 196 valence electrons. The van der Waals surface area contributed by atoms with Crippen molar-refractivity contribution in [1.29, 1.82) is 0 Å². The van der Waals surface area contributed by atoms with Crippen molar-refractivity contribution >= 4 is 0 Å². The van der Waals surface area contributed by atoms with E-state index in [1.165, 1.54) is 55.5 Å². The smallest absolute Gasteiger partial charge is 0.122 e. The topological polar surface area (TPSA) is 27.7 Å².